The molecule has 37 heavy (non-hydrogen) atoms. The second-order valence-corrected chi connectivity index (χ2v) is 11.0. The van der Waals surface area contributed by atoms with Gasteiger partial charge in [-0.2, -0.15) is 5.10 Å². The highest BCUT2D eigenvalue weighted by Gasteiger charge is 2.46. The van der Waals surface area contributed by atoms with Crippen LogP contribution in [-0.4, -0.2) is 39.5 Å². The number of aryl methyl sites for hydroxylation is 3. The van der Waals surface area contributed by atoms with Crippen molar-refractivity contribution in [1.82, 2.24) is 9.78 Å². The number of anilines is 1. The van der Waals surface area contributed by atoms with Gasteiger partial charge in [-0.3, -0.25) is 4.79 Å². The molecule has 1 aliphatic heterocycles. The zero-order chi connectivity index (χ0) is 25.7. The number of benzene rings is 2. The monoisotopic (exact) mass is 503 g/mol. The Morgan fingerprint density at radius 1 is 1.16 bits per heavy atom. The molecule has 2 aromatic carbocycles. The lowest BCUT2D eigenvalue weighted by atomic mass is 10.0. The van der Waals surface area contributed by atoms with Crippen molar-refractivity contribution in [2.75, 3.05) is 11.4 Å². The second-order valence-electron chi connectivity index (χ2n) is 11.0. The minimum atomic E-state index is -0.867. The maximum absolute atomic E-state index is 14.9. The fourth-order valence-corrected chi connectivity index (χ4v) is 6.38. The van der Waals surface area contributed by atoms with Crippen LogP contribution in [0.2, 0.25) is 0 Å². The first-order valence-electron chi connectivity index (χ1n) is 13.4. The van der Waals surface area contributed by atoms with E-state index in [0.29, 0.717) is 30.6 Å². The molecule has 2 saturated carbocycles. The average Bonchev–Trinajstić information content (AvgIpc) is 3.32. The number of hydrogen-bond acceptors (Lipinski definition) is 4. The lowest BCUT2D eigenvalue weighted by Gasteiger charge is -2.33. The molecule has 1 aromatic heterocycles. The predicted molar refractivity (Wildman–Crippen MR) is 140 cm³/mol. The van der Waals surface area contributed by atoms with Crippen LogP contribution in [0.3, 0.4) is 0 Å². The number of carboxylic acid groups (broad SMARTS) is 1. The fourth-order valence-electron chi connectivity index (χ4n) is 6.38. The summed E-state index contributed by atoms with van der Waals surface area (Å²) in [6.45, 7) is 5.59. The molecular formula is C30H34FN3O3. The summed E-state index contributed by atoms with van der Waals surface area (Å²) in [5.74, 6) is -0.168. The van der Waals surface area contributed by atoms with Crippen LogP contribution < -0.4 is 4.90 Å². The number of ether oxygens (including phenoxy) is 1. The van der Waals surface area contributed by atoms with E-state index in [1.54, 1.807) is 0 Å². The van der Waals surface area contributed by atoms with Crippen molar-refractivity contribution in [2.24, 2.45) is 5.92 Å². The van der Waals surface area contributed by atoms with Gasteiger partial charge in [0.15, 0.2) is 0 Å². The van der Waals surface area contributed by atoms with E-state index in [1.807, 2.05) is 18.3 Å². The fraction of sp³-hybridized carbons (Fsp3) is 0.467. The summed E-state index contributed by atoms with van der Waals surface area (Å²) in [5, 5.41) is 13.7. The summed E-state index contributed by atoms with van der Waals surface area (Å²) in [4.78, 5) is 13.0. The van der Waals surface area contributed by atoms with Crippen LogP contribution in [0.25, 0.3) is 5.69 Å². The van der Waals surface area contributed by atoms with Crippen LogP contribution in [0.5, 0.6) is 0 Å². The van der Waals surface area contributed by atoms with E-state index in [9.17, 15) is 9.18 Å². The molecule has 3 atom stereocenters. The molecule has 2 heterocycles. The van der Waals surface area contributed by atoms with E-state index in [4.69, 9.17) is 14.9 Å². The van der Waals surface area contributed by atoms with Crippen LogP contribution in [0.1, 0.15) is 66.0 Å². The first kappa shape index (κ1) is 24.2. The van der Waals surface area contributed by atoms with Gasteiger partial charge in [-0.25, -0.2) is 9.07 Å². The Bertz CT molecular complexity index is 1310. The molecular weight excluding hydrogens is 469 g/mol. The summed E-state index contributed by atoms with van der Waals surface area (Å²) in [6.07, 6.45) is 6.88. The lowest BCUT2D eigenvalue weighted by Crippen LogP contribution is -2.39. The van der Waals surface area contributed by atoms with Crippen molar-refractivity contribution in [2.45, 2.75) is 77.0 Å². The van der Waals surface area contributed by atoms with Crippen molar-refractivity contribution in [3.8, 4) is 5.69 Å². The number of piperidine rings is 1. The van der Waals surface area contributed by atoms with E-state index in [1.165, 1.54) is 41.3 Å². The van der Waals surface area contributed by atoms with E-state index in [-0.39, 0.29) is 24.4 Å². The molecule has 7 heteroatoms. The van der Waals surface area contributed by atoms with Crippen LogP contribution in [0, 0.1) is 25.6 Å². The van der Waals surface area contributed by atoms with Crippen molar-refractivity contribution in [3.63, 3.8) is 0 Å². The quantitative estimate of drug-likeness (QED) is 0.405. The zero-order valence-corrected chi connectivity index (χ0v) is 21.5. The topological polar surface area (TPSA) is 67.6 Å². The first-order chi connectivity index (χ1) is 17.9. The summed E-state index contributed by atoms with van der Waals surface area (Å²) in [6, 6.07) is 11.8. The third-order valence-electron chi connectivity index (χ3n) is 8.43. The molecule has 1 saturated heterocycles. The Morgan fingerprint density at radius 2 is 1.95 bits per heavy atom. The normalized spacial score (nSPS) is 22.7. The van der Waals surface area contributed by atoms with Gasteiger partial charge in [0, 0.05) is 24.9 Å². The van der Waals surface area contributed by atoms with Crippen LogP contribution in [0.15, 0.2) is 42.6 Å². The molecule has 6 nitrogen and oxygen atoms in total. The standard InChI is InChI=1S/C30H34FN3O3/c1-18-4-3-5-19(2)30(18)34-27(24(15-32-34)21-8-9-21)17-37-28-14-23-13-22(28)16-33(23)26-10-6-20(12-25(26)31)7-11-29(35)36/h3-6,10,12,15,21-23,28H,7-9,11,13-14,16-17H2,1-2H3,(H,35,36). The molecule has 2 bridgehead atoms. The summed E-state index contributed by atoms with van der Waals surface area (Å²) in [5.41, 5.74) is 7.39. The molecule has 1 N–H and O–H groups in total. The third-order valence-corrected chi connectivity index (χ3v) is 8.43. The molecule has 3 aromatic rings. The number of halogens is 1. The van der Waals surface area contributed by atoms with Gasteiger partial charge in [0.1, 0.15) is 5.82 Å². The molecule has 2 aliphatic carbocycles. The molecule has 0 spiro atoms. The first-order valence-corrected chi connectivity index (χ1v) is 13.4. The largest absolute Gasteiger partial charge is 0.481 e. The molecule has 0 radical (unpaired) electrons. The minimum Gasteiger partial charge on any atom is -0.481 e. The third kappa shape index (κ3) is 4.65. The number of nitrogens with zero attached hydrogens (tertiary/aromatic N) is 3. The highest BCUT2D eigenvalue weighted by molar-refractivity contribution is 5.67. The maximum Gasteiger partial charge on any atom is 0.303 e. The van der Waals surface area contributed by atoms with Crippen molar-refractivity contribution in [3.05, 3.63) is 76.4 Å². The van der Waals surface area contributed by atoms with Gasteiger partial charge >= 0.3 is 5.97 Å². The highest BCUT2D eigenvalue weighted by Crippen LogP contribution is 2.45. The Labute approximate surface area is 217 Å². The second kappa shape index (κ2) is 9.60. The predicted octanol–water partition coefficient (Wildman–Crippen LogP) is 5.71. The Kier molecular flexibility index (Phi) is 6.27. The van der Waals surface area contributed by atoms with E-state index >= 15 is 0 Å². The summed E-state index contributed by atoms with van der Waals surface area (Å²) >= 11 is 0. The van der Waals surface area contributed by atoms with Gasteiger partial charge in [-0.05, 0) is 86.3 Å². The zero-order valence-electron chi connectivity index (χ0n) is 21.5. The molecule has 3 aliphatic rings. The van der Waals surface area contributed by atoms with Gasteiger partial charge in [0.05, 0.1) is 36.0 Å². The number of hydrogen-bond donors (Lipinski definition) is 1. The van der Waals surface area contributed by atoms with Gasteiger partial charge < -0.3 is 14.7 Å². The molecule has 6 rings (SSSR count). The van der Waals surface area contributed by atoms with Crippen molar-refractivity contribution in [1.29, 1.82) is 0 Å². The number of fused-ring (bicyclic) bond motifs is 2. The molecule has 3 fully saturated rings. The summed E-state index contributed by atoms with van der Waals surface area (Å²) < 4.78 is 23.6. The Hall–Kier alpha value is -3.19. The van der Waals surface area contributed by atoms with Crippen molar-refractivity contribution < 1.29 is 19.0 Å². The highest BCUT2D eigenvalue weighted by atomic mass is 19.1. The number of carboxylic acids is 1. The Morgan fingerprint density at radius 3 is 2.59 bits per heavy atom. The van der Waals surface area contributed by atoms with E-state index < -0.39 is 5.97 Å². The van der Waals surface area contributed by atoms with E-state index in [2.05, 4.69) is 41.6 Å². The maximum atomic E-state index is 14.9. The van der Waals surface area contributed by atoms with Gasteiger partial charge in [-0.15, -0.1) is 0 Å². The lowest BCUT2D eigenvalue weighted by molar-refractivity contribution is -0.136. The molecule has 3 unspecified atom stereocenters. The number of rotatable bonds is 9. The number of para-hydroxylation sites is 1. The van der Waals surface area contributed by atoms with Crippen LogP contribution >= 0.6 is 0 Å². The molecule has 194 valence electrons. The number of aliphatic carboxylic acids is 1. The van der Waals surface area contributed by atoms with Crippen molar-refractivity contribution >= 4 is 11.7 Å². The Balaban J connectivity index is 1.15. The average molecular weight is 504 g/mol. The smallest absolute Gasteiger partial charge is 0.303 e. The van der Waals surface area contributed by atoms with Gasteiger partial charge in [0.2, 0.25) is 0 Å². The van der Waals surface area contributed by atoms with Gasteiger partial charge in [0.25, 0.3) is 0 Å². The minimum absolute atomic E-state index is 0.0109. The van der Waals surface area contributed by atoms with Gasteiger partial charge in [-0.1, -0.05) is 24.3 Å². The number of carbonyl (C=O) groups is 1. The van der Waals surface area contributed by atoms with E-state index in [0.717, 1.165) is 30.6 Å². The van der Waals surface area contributed by atoms with Crippen LogP contribution in [-0.2, 0) is 22.6 Å². The van der Waals surface area contributed by atoms with Crippen LogP contribution in [0.4, 0.5) is 10.1 Å². The molecule has 0 amide bonds. The summed E-state index contributed by atoms with van der Waals surface area (Å²) in [7, 11) is 0. The number of aromatic nitrogens is 2. The SMILES string of the molecule is Cc1cccc(C)c1-n1ncc(C2CC2)c1COC1CC2CC1CN2c1ccc(CCC(=O)O)cc1F.